The third-order valence-electron chi connectivity index (χ3n) is 6.10. The highest BCUT2D eigenvalue weighted by Gasteiger charge is 2.40. The maximum atomic E-state index is 11.8. The summed E-state index contributed by atoms with van der Waals surface area (Å²) in [6.07, 6.45) is 5.11. The third kappa shape index (κ3) is 21.1. The van der Waals surface area contributed by atoms with E-state index in [0.29, 0.717) is 43.7 Å². The number of allylic oxidation sites excluding steroid dienone is 1. The summed E-state index contributed by atoms with van der Waals surface area (Å²) in [6, 6.07) is 0. The lowest BCUT2D eigenvalue weighted by Crippen LogP contribution is -2.22. The largest absolute Gasteiger partial charge is 0.392 e. The predicted molar refractivity (Wildman–Crippen MR) is 224 cm³/mol. The van der Waals surface area contributed by atoms with Gasteiger partial charge < -0.3 is 19.4 Å². The topological polar surface area (TPSA) is 89.9 Å². The van der Waals surface area contributed by atoms with E-state index in [1.54, 1.807) is 59.4 Å². The second kappa shape index (κ2) is 32.1. The minimum Gasteiger partial charge on any atom is -0.392 e. The van der Waals surface area contributed by atoms with Crippen LogP contribution in [0.4, 0.5) is 0 Å². The van der Waals surface area contributed by atoms with Crippen LogP contribution in [0, 0.1) is 29.6 Å². The summed E-state index contributed by atoms with van der Waals surface area (Å²) in [6.45, 7) is 10.8. The van der Waals surface area contributed by atoms with Crippen molar-refractivity contribution in [2.24, 2.45) is 29.6 Å². The molecule has 3 fully saturated rings. The number of hydrogen-bond donors (Lipinski definition) is 1. The number of carbonyl (C=O) groups is 3. The van der Waals surface area contributed by atoms with Crippen LogP contribution >= 0.6 is 0 Å². The van der Waals surface area contributed by atoms with Gasteiger partial charge in [0, 0.05) is 195 Å². The number of aliphatic hydroxyl groups excluding tert-OH is 1. The van der Waals surface area contributed by atoms with Gasteiger partial charge in [-0.15, -0.1) is 13.2 Å². The number of ether oxygens (including phenoxy) is 2. The number of ketones is 2. The average molecular weight is 908 g/mol. The van der Waals surface area contributed by atoms with Gasteiger partial charge in [0.15, 0.2) is 6.29 Å². The second-order valence-corrected chi connectivity index (χ2v) is 29.6. The molecule has 22 heteroatoms. The van der Waals surface area contributed by atoms with Gasteiger partial charge in [-0.25, -0.2) is 0 Å². The molecule has 1 N–H and O–H groups in total. The molecule has 2 aliphatic carbocycles. The normalized spacial score (nSPS) is 24.7. The van der Waals surface area contributed by atoms with Crippen molar-refractivity contribution in [2.75, 3.05) is 13.2 Å². The Morgan fingerprint density at radius 3 is 1.64 bits per heavy atom. The minimum atomic E-state index is -0.639. The Kier molecular flexibility index (Phi) is 35.0. The molecule has 0 radical (unpaired) electrons. The van der Waals surface area contributed by atoms with Gasteiger partial charge in [-0.3, -0.25) is 9.59 Å². The molecule has 0 aromatic carbocycles. The Morgan fingerprint density at radius 2 is 1.20 bits per heavy atom. The van der Waals surface area contributed by atoms with Crippen molar-refractivity contribution >= 4 is 169 Å². The highest BCUT2D eigenvalue weighted by Crippen LogP contribution is 2.38. The predicted octanol–water partition coefficient (Wildman–Crippen LogP) is 2.70. The van der Waals surface area contributed by atoms with E-state index in [2.05, 4.69) is 64.8 Å². The molecule has 3 aliphatic rings. The Balaban J connectivity index is 0. The molecule has 0 unspecified atom stereocenters. The summed E-state index contributed by atoms with van der Waals surface area (Å²) in [5.74, 6) is 0.510. The zero-order chi connectivity index (χ0) is 32.5. The first-order chi connectivity index (χ1) is 20.7. The van der Waals surface area contributed by atoms with Gasteiger partial charge in [-0.2, -0.15) is 0 Å². The van der Waals surface area contributed by atoms with Crippen LogP contribution in [0.3, 0.4) is 0 Å². The quantitative estimate of drug-likeness (QED) is 0.318. The molecule has 1 heterocycles. The Hall–Kier alpha value is 1.89. The van der Waals surface area contributed by atoms with E-state index in [9.17, 15) is 19.5 Å². The SMILES string of the molecule is C.C=C[C@H]1[C@H](C)CC(=O)[C@@H]1CC1OCCO1.C=C[C@H]1[C@H](O)CC(=O)[C@@H]1CC=O.S=S=S=S=S=S.S=S=S=S=S=S=S=S=S=S. The van der Waals surface area contributed by atoms with Crippen LogP contribution in [-0.2, 0) is 175 Å². The molecule has 6 nitrogen and oxygen atoms in total. The summed E-state index contributed by atoms with van der Waals surface area (Å²) in [5, 5.41) is 9.35. The van der Waals surface area contributed by atoms with Gasteiger partial charge in [0.1, 0.15) is 17.9 Å². The fourth-order valence-corrected chi connectivity index (χ4v) is 26.4. The zero-order valence-corrected chi connectivity index (χ0v) is 35.5. The lowest BCUT2D eigenvalue weighted by atomic mass is 9.88. The molecule has 0 aromatic rings. The Labute approximate surface area is 314 Å². The number of hydrogen-bond acceptors (Lipinski definition) is 10. The van der Waals surface area contributed by atoms with Crippen molar-refractivity contribution in [3.05, 3.63) is 25.3 Å². The maximum Gasteiger partial charge on any atom is 0.158 e. The van der Waals surface area contributed by atoms with E-state index in [4.69, 9.17) is 9.47 Å². The third-order valence-corrected chi connectivity index (χ3v) is 28.3. The summed E-state index contributed by atoms with van der Waals surface area (Å²) >= 11 is 18.3. The molecule has 44 heavy (non-hydrogen) atoms. The van der Waals surface area contributed by atoms with Crippen molar-refractivity contribution < 1.29 is 29.0 Å². The molecule has 0 spiro atoms. The van der Waals surface area contributed by atoms with Gasteiger partial charge in [-0.05, 0) is 11.8 Å². The fraction of sp³-hybridized carbons (Fsp3) is 0.682. The molecule has 2 saturated carbocycles. The molecule has 3 rings (SSSR count). The molecular formula is C22H34O6S16. The molecule has 6 atom stereocenters. The smallest absolute Gasteiger partial charge is 0.158 e. The van der Waals surface area contributed by atoms with Gasteiger partial charge in [0.05, 0.1) is 19.3 Å². The van der Waals surface area contributed by atoms with Crippen LogP contribution in [0.2, 0.25) is 0 Å². The molecule has 1 saturated heterocycles. The van der Waals surface area contributed by atoms with Crippen molar-refractivity contribution in [1.29, 1.82) is 0 Å². The first kappa shape index (κ1) is 48.0. The second-order valence-electron chi connectivity index (χ2n) is 8.35. The molecule has 0 amide bonds. The lowest BCUT2D eigenvalue weighted by molar-refractivity contribution is -0.125. The number of carbonyl (C=O) groups excluding carboxylic acids is 3. The summed E-state index contributed by atoms with van der Waals surface area (Å²) in [4.78, 5) is 33.2. The maximum absolute atomic E-state index is 11.8. The van der Waals surface area contributed by atoms with Crippen LogP contribution < -0.4 is 0 Å². The zero-order valence-electron chi connectivity index (χ0n) is 22.5. The van der Waals surface area contributed by atoms with E-state index >= 15 is 0 Å². The van der Waals surface area contributed by atoms with Crippen molar-refractivity contribution in [3.63, 3.8) is 0 Å². The first-order valence-electron chi connectivity index (χ1n) is 11.9. The van der Waals surface area contributed by atoms with Crippen LogP contribution in [0.25, 0.3) is 0 Å². The van der Waals surface area contributed by atoms with Gasteiger partial charge >= 0.3 is 0 Å². The fourth-order valence-electron chi connectivity index (χ4n) is 4.43. The summed E-state index contributed by atoms with van der Waals surface area (Å²) in [7, 11) is 18.3. The summed E-state index contributed by atoms with van der Waals surface area (Å²) in [5.41, 5.74) is 0. The van der Waals surface area contributed by atoms with Gasteiger partial charge in [0.25, 0.3) is 0 Å². The van der Waals surface area contributed by atoms with Crippen LogP contribution in [0.5, 0.6) is 0 Å². The van der Waals surface area contributed by atoms with E-state index in [-0.39, 0.29) is 50.1 Å². The summed E-state index contributed by atoms with van der Waals surface area (Å²) < 4.78 is 10.8. The van der Waals surface area contributed by atoms with E-state index < -0.39 is 6.10 Å². The van der Waals surface area contributed by atoms with Crippen molar-refractivity contribution in [2.45, 2.75) is 52.4 Å². The highest BCUT2D eigenvalue weighted by molar-refractivity contribution is 8.73. The van der Waals surface area contributed by atoms with Crippen LogP contribution in [0.1, 0.15) is 40.0 Å². The molecule has 254 valence electrons. The number of aliphatic hydroxyl groups is 1. The Bertz CT molecular complexity index is 1410. The number of rotatable bonds is 6. The molecule has 1 aliphatic heterocycles. The van der Waals surface area contributed by atoms with Crippen molar-refractivity contribution in [1.82, 2.24) is 0 Å². The van der Waals surface area contributed by atoms with E-state index in [0.717, 1.165) is 6.29 Å². The first-order valence-corrected chi connectivity index (χ1v) is 30.6. The molecule has 0 aromatic heterocycles. The molecule has 0 bridgehead atoms. The monoisotopic (exact) mass is 906 g/mol. The number of Topliss-reactive ketones (excluding diaryl/α,β-unsaturated/α-hetero) is 2. The van der Waals surface area contributed by atoms with Crippen LogP contribution in [0.15, 0.2) is 25.3 Å². The minimum absolute atomic E-state index is 0. The van der Waals surface area contributed by atoms with E-state index in [1.165, 1.54) is 53.3 Å². The van der Waals surface area contributed by atoms with Crippen LogP contribution in [-0.4, -0.2) is 48.6 Å². The van der Waals surface area contributed by atoms with Crippen molar-refractivity contribution in [3.8, 4) is 0 Å². The van der Waals surface area contributed by atoms with Gasteiger partial charge in [-0.1, -0.05) is 26.5 Å². The average Bonchev–Trinajstić information content (AvgIpc) is 3.68. The van der Waals surface area contributed by atoms with E-state index in [1.807, 2.05) is 6.08 Å². The highest BCUT2D eigenvalue weighted by atomic mass is 33.4. The molecular weight excluding hydrogens is 873 g/mol. The standard InChI is InChI=1S/C12H18O3.C9H12O3.CH4.S10.S6/c1-3-9-8(2)6-11(13)10(9)7-12-14-4-5-15-12;1-2-6-7(3-4-10)9(12)5-8(6)11;;1-3-5-7-9-10-8-6-4-2;1-3-5-6-4-2/h3,8-10,12H,1,4-7H2,2H3;2,4,6-8,11H,1,3,5H2;1H4;;/t8-,9+,10-;6-,7-,8-;;;/m11.../s1. The lowest BCUT2D eigenvalue weighted by Gasteiger charge is -2.20. The Morgan fingerprint density at radius 1 is 0.773 bits per heavy atom. The van der Waals surface area contributed by atoms with Gasteiger partial charge in [0.2, 0.25) is 0 Å². The number of aldehydes is 1.